The molecule has 0 amide bonds. The topological polar surface area (TPSA) is 57.5 Å². The van der Waals surface area contributed by atoms with Gasteiger partial charge in [-0.05, 0) is 28.9 Å². The van der Waals surface area contributed by atoms with Gasteiger partial charge in [-0.2, -0.15) is 0 Å². The highest BCUT2D eigenvalue weighted by Crippen LogP contribution is 2.33. The minimum absolute atomic E-state index is 0.0636. The van der Waals surface area contributed by atoms with Crippen LogP contribution in [-0.4, -0.2) is 16.2 Å². The molecular weight excluding hydrogens is 240 g/mol. The van der Waals surface area contributed by atoms with Gasteiger partial charge in [-0.25, -0.2) is 0 Å². The third-order valence-corrected chi connectivity index (χ3v) is 3.36. The molecule has 0 fully saturated rings. The second kappa shape index (κ2) is 6.20. The number of aliphatic hydroxyl groups is 1. The molecule has 0 bridgehead atoms. The molecule has 3 nitrogen and oxygen atoms in total. The quantitative estimate of drug-likeness (QED) is 0.823. The first-order chi connectivity index (χ1) is 8.71. The van der Waals surface area contributed by atoms with Crippen LogP contribution in [0.2, 0.25) is 0 Å². The van der Waals surface area contributed by atoms with Crippen molar-refractivity contribution in [2.45, 2.75) is 52.6 Å². The van der Waals surface area contributed by atoms with Gasteiger partial charge in [0.2, 0.25) is 0 Å². The summed E-state index contributed by atoms with van der Waals surface area (Å²) in [5, 5.41) is 19.1. The van der Waals surface area contributed by atoms with Crippen molar-refractivity contribution < 1.29 is 15.0 Å². The smallest absolute Gasteiger partial charge is 0.303 e. The largest absolute Gasteiger partial charge is 0.481 e. The van der Waals surface area contributed by atoms with Crippen molar-refractivity contribution in [2.24, 2.45) is 5.41 Å². The molecule has 0 heterocycles. The first-order valence-electron chi connectivity index (χ1n) is 6.71. The van der Waals surface area contributed by atoms with Gasteiger partial charge in [-0.15, -0.1) is 0 Å². The zero-order valence-electron chi connectivity index (χ0n) is 12.2. The first-order valence-corrected chi connectivity index (χ1v) is 6.71. The Morgan fingerprint density at radius 3 is 2.05 bits per heavy atom. The molecule has 1 unspecified atom stereocenters. The highest BCUT2D eigenvalue weighted by Gasteiger charge is 2.25. The van der Waals surface area contributed by atoms with Gasteiger partial charge in [0, 0.05) is 0 Å². The van der Waals surface area contributed by atoms with Crippen LogP contribution in [-0.2, 0) is 4.79 Å². The van der Waals surface area contributed by atoms with Gasteiger partial charge >= 0.3 is 5.97 Å². The molecule has 0 aromatic heterocycles. The Morgan fingerprint density at radius 1 is 1.16 bits per heavy atom. The Labute approximate surface area is 115 Å². The van der Waals surface area contributed by atoms with E-state index < -0.39 is 17.5 Å². The van der Waals surface area contributed by atoms with Crippen LogP contribution >= 0.6 is 0 Å². The zero-order valence-corrected chi connectivity index (χ0v) is 12.2. The van der Waals surface area contributed by atoms with Gasteiger partial charge in [0.15, 0.2) is 0 Å². The molecule has 19 heavy (non-hydrogen) atoms. The number of hydrogen-bond donors (Lipinski definition) is 2. The van der Waals surface area contributed by atoms with Gasteiger partial charge in [0.05, 0.1) is 12.5 Å². The Hall–Kier alpha value is -1.35. The molecule has 1 aromatic carbocycles. The summed E-state index contributed by atoms with van der Waals surface area (Å²) in [7, 11) is 0. The molecule has 106 valence electrons. The molecule has 0 aliphatic heterocycles. The van der Waals surface area contributed by atoms with Crippen molar-refractivity contribution in [1.82, 2.24) is 0 Å². The predicted octanol–water partition coefficient (Wildman–Crippen LogP) is 3.73. The molecular formula is C16H24O3. The van der Waals surface area contributed by atoms with Crippen molar-refractivity contribution in [1.29, 1.82) is 0 Å². The lowest BCUT2D eigenvalue weighted by Crippen LogP contribution is -2.20. The van der Waals surface area contributed by atoms with E-state index in [1.807, 2.05) is 38.1 Å². The van der Waals surface area contributed by atoms with E-state index in [9.17, 15) is 9.90 Å². The van der Waals surface area contributed by atoms with E-state index in [1.165, 1.54) is 5.56 Å². The Kier molecular flexibility index (Phi) is 5.12. The van der Waals surface area contributed by atoms with Crippen LogP contribution in [0.5, 0.6) is 0 Å². The average Bonchev–Trinajstić information content (AvgIpc) is 2.26. The van der Waals surface area contributed by atoms with Gasteiger partial charge in [-0.1, -0.05) is 52.0 Å². The number of carboxylic acid groups (broad SMARTS) is 1. The lowest BCUT2D eigenvalue weighted by molar-refractivity contribution is -0.139. The van der Waals surface area contributed by atoms with Gasteiger partial charge in [-0.3, -0.25) is 4.79 Å². The summed E-state index contributed by atoms with van der Waals surface area (Å²) < 4.78 is 0. The van der Waals surface area contributed by atoms with Crippen LogP contribution in [0.4, 0.5) is 0 Å². The molecule has 2 N–H and O–H groups in total. The van der Waals surface area contributed by atoms with Crippen LogP contribution in [0, 0.1) is 5.41 Å². The highest BCUT2D eigenvalue weighted by atomic mass is 16.4. The second-order valence-electron chi connectivity index (χ2n) is 6.28. The molecule has 0 aliphatic carbocycles. The fourth-order valence-corrected chi connectivity index (χ4v) is 2.23. The van der Waals surface area contributed by atoms with Crippen LogP contribution in [0.1, 0.15) is 63.7 Å². The molecule has 0 radical (unpaired) electrons. The van der Waals surface area contributed by atoms with Gasteiger partial charge in [0.1, 0.15) is 0 Å². The molecule has 0 spiro atoms. The molecule has 3 heteroatoms. The Bertz CT molecular complexity index is 418. The maximum atomic E-state index is 10.8. The van der Waals surface area contributed by atoms with Crippen molar-refractivity contribution >= 4 is 5.97 Å². The van der Waals surface area contributed by atoms with Crippen LogP contribution in [0.3, 0.4) is 0 Å². The Balaban J connectivity index is 2.72. The zero-order chi connectivity index (χ0) is 14.6. The van der Waals surface area contributed by atoms with E-state index in [4.69, 9.17) is 5.11 Å². The fraction of sp³-hybridized carbons (Fsp3) is 0.562. The second-order valence-corrected chi connectivity index (χ2v) is 6.28. The third-order valence-electron chi connectivity index (χ3n) is 3.36. The van der Waals surface area contributed by atoms with Crippen molar-refractivity contribution in [2.75, 3.05) is 0 Å². The SMILES string of the molecule is CC(C)c1ccc(C(O)CC(C)(C)CC(=O)O)cc1. The third kappa shape index (κ3) is 5.03. The van der Waals surface area contributed by atoms with Gasteiger partial charge < -0.3 is 10.2 Å². The molecule has 0 aliphatic rings. The lowest BCUT2D eigenvalue weighted by Gasteiger charge is -2.26. The van der Waals surface area contributed by atoms with E-state index in [1.54, 1.807) is 0 Å². The predicted molar refractivity (Wildman–Crippen MR) is 76.1 cm³/mol. The molecule has 1 rings (SSSR count). The number of benzene rings is 1. The minimum Gasteiger partial charge on any atom is -0.481 e. The van der Waals surface area contributed by atoms with E-state index in [0.29, 0.717) is 12.3 Å². The summed E-state index contributed by atoms with van der Waals surface area (Å²) in [6.45, 7) is 7.99. The fourth-order valence-electron chi connectivity index (χ4n) is 2.23. The number of aliphatic carboxylic acids is 1. The standard InChI is InChI=1S/C16H24O3/c1-11(2)12-5-7-13(8-6-12)14(17)9-16(3,4)10-15(18)19/h5-8,11,14,17H,9-10H2,1-4H3,(H,18,19). The molecule has 0 saturated heterocycles. The molecule has 1 atom stereocenters. The highest BCUT2D eigenvalue weighted by molar-refractivity contribution is 5.67. The summed E-state index contributed by atoms with van der Waals surface area (Å²) in [6.07, 6.45) is -0.107. The maximum Gasteiger partial charge on any atom is 0.303 e. The van der Waals surface area contributed by atoms with Crippen molar-refractivity contribution in [3.8, 4) is 0 Å². The number of aliphatic hydroxyl groups excluding tert-OH is 1. The van der Waals surface area contributed by atoms with Crippen molar-refractivity contribution in [3.05, 3.63) is 35.4 Å². The number of rotatable bonds is 6. The van der Waals surface area contributed by atoms with E-state index >= 15 is 0 Å². The van der Waals surface area contributed by atoms with E-state index in [0.717, 1.165) is 5.56 Å². The van der Waals surface area contributed by atoms with E-state index in [-0.39, 0.29) is 6.42 Å². The van der Waals surface area contributed by atoms with Crippen LogP contribution < -0.4 is 0 Å². The molecule has 1 aromatic rings. The summed E-state index contributed by atoms with van der Waals surface area (Å²) in [4.78, 5) is 10.8. The summed E-state index contributed by atoms with van der Waals surface area (Å²) >= 11 is 0. The summed E-state index contributed by atoms with van der Waals surface area (Å²) in [6, 6.07) is 7.90. The average molecular weight is 264 g/mol. The molecule has 0 saturated carbocycles. The van der Waals surface area contributed by atoms with Crippen LogP contribution in [0.25, 0.3) is 0 Å². The summed E-state index contributed by atoms with van der Waals surface area (Å²) in [5.41, 5.74) is 1.67. The number of hydrogen-bond acceptors (Lipinski definition) is 2. The number of carboxylic acids is 1. The van der Waals surface area contributed by atoms with Crippen LogP contribution in [0.15, 0.2) is 24.3 Å². The van der Waals surface area contributed by atoms with Crippen molar-refractivity contribution in [3.63, 3.8) is 0 Å². The van der Waals surface area contributed by atoms with Gasteiger partial charge in [0.25, 0.3) is 0 Å². The first kappa shape index (κ1) is 15.7. The summed E-state index contributed by atoms with van der Waals surface area (Å²) in [5.74, 6) is -0.359. The monoisotopic (exact) mass is 264 g/mol. The maximum absolute atomic E-state index is 10.8. The minimum atomic E-state index is -0.827. The number of carbonyl (C=O) groups is 1. The lowest BCUT2D eigenvalue weighted by atomic mass is 9.81. The van der Waals surface area contributed by atoms with E-state index in [2.05, 4.69) is 13.8 Å². The normalized spacial score (nSPS) is 13.6. The Morgan fingerprint density at radius 2 is 1.63 bits per heavy atom.